The van der Waals surface area contributed by atoms with E-state index in [1.54, 1.807) is 35.2 Å². The number of H-pyrrole nitrogens is 1. The molecule has 38 heavy (non-hydrogen) atoms. The third-order valence-electron chi connectivity index (χ3n) is 6.27. The van der Waals surface area contributed by atoms with Gasteiger partial charge >= 0.3 is 6.03 Å². The monoisotopic (exact) mass is 554 g/mol. The van der Waals surface area contributed by atoms with Gasteiger partial charge in [-0.15, -0.1) is 0 Å². The normalized spacial score (nSPS) is 10.9. The minimum absolute atomic E-state index is 0.128. The van der Waals surface area contributed by atoms with Gasteiger partial charge in [0.1, 0.15) is 12.4 Å². The standard InChI is InChI=1S/C29H29Cl2FN4O2/c1-2-15-36(29(38)34-28-24(30)7-5-8-25(28)31)19-27(37)35(18-20-10-12-22(32)13-11-20)16-14-21-17-33-26-9-4-3-6-23(21)26/h3-13,17,33H,2,14-16,18-19H2,1H3,(H,34,38). The second-order valence-electron chi connectivity index (χ2n) is 9.00. The summed E-state index contributed by atoms with van der Waals surface area (Å²) >= 11 is 12.4. The number of para-hydroxylation sites is 2. The summed E-state index contributed by atoms with van der Waals surface area (Å²) in [6.07, 6.45) is 3.23. The molecule has 3 amide bonds. The van der Waals surface area contributed by atoms with E-state index in [9.17, 15) is 14.0 Å². The summed E-state index contributed by atoms with van der Waals surface area (Å²) < 4.78 is 13.5. The molecule has 0 aliphatic heterocycles. The molecule has 3 aromatic carbocycles. The van der Waals surface area contributed by atoms with E-state index in [-0.39, 0.29) is 18.3 Å². The highest BCUT2D eigenvalue weighted by molar-refractivity contribution is 6.39. The molecule has 4 rings (SSSR count). The van der Waals surface area contributed by atoms with Crippen LogP contribution in [0.3, 0.4) is 0 Å². The molecule has 198 valence electrons. The van der Waals surface area contributed by atoms with E-state index in [1.807, 2.05) is 37.4 Å². The van der Waals surface area contributed by atoms with Gasteiger partial charge in [0.2, 0.25) is 5.91 Å². The highest BCUT2D eigenvalue weighted by Crippen LogP contribution is 2.30. The van der Waals surface area contributed by atoms with Crippen LogP contribution in [0.15, 0.2) is 72.9 Å². The third-order valence-corrected chi connectivity index (χ3v) is 6.90. The van der Waals surface area contributed by atoms with Gasteiger partial charge in [-0.1, -0.05) is 66.5 Å². The van der Waals surface area contributed by atoms with E-state index in [0.717, 1.165) is 22.0 Å². The molecule has 0 aliphatic carbocycles. The van der Waals surface area contributed by atoms with Gasteiger partial charge in [0.25, 0.3) is 0 Å². The zero-order chi connectivity index (χ0) is 27.1. The minimum Gasteiger partial charge on any atom is -0.361 e. The van der Waals surface area contributed by atoms with Gasteiger partial charge in [-0.25, -0.2) is 9.18 Å². The maximum absolute atomic E-state index is 13.6. The van der Waals surface area contributed by atoms with Gasteiger partial charge < -0.3 is 20.1 Å². The molecule has 0 atom stereocenters. The Morgan fingerprint density at radius 3 is 2.34 bits per heavy atom. The average Bonchev–Trinajstić information content (AvgIpc) is 3.32. The lowest BCUT2D eigenvalue weighted by atomic mass is 10.1. The Morgan fingerprint density at radius 2 is 1.63 bits per heavy atom. The van der Waals surface area contributed by atoms with Crippen LogP contribution in [0.4, 0.5) is 14.9 Å². The number of aromatic amines is 1. The lowest BCUT2D eigenvalue weighted by molar-refractivity contribution is -0.132. The predicted octanol–water partition coefficient (Wildman–Crippen LogP) is 7.13. The van der Waals surface area contributed by atoms with Crippen molar-refractivity contribution in [3.63, 3.8) is 0 Å². The van der Waals surface area contributed by atoms with Crippen LogP contribution in [-0.2, 0) is 17.8 Å². The topological polar surface area (TPSA) is 68.4 Å². The molecule has 0 radical (unpaired) electrons. The Kier molecular flexibility index (Phi) is 9.26. The van der Waals surface area contributed by atoms with Crippen molar-refractivity contribution in [2.45, 2.75) is 26.3 Å². The summed E-state index contributed by atoms with van der Waals surface area (Å²) in [6.45, 7) is 2.89. The van der Waals surface area contributed by atoms with Crippen LogP contribution in [0.2, 0.25) is 10.0 Å². The molecule has 6 nitrogen and oxygen atoms in total. The number of hydrogen-bond acceptors (Lipinski definition) is 2. The number of halogens is 3. The van der Waals surface area contributed by atoms with E-state index in [4.69, 9.17) is 23.2 Å². The van der Waals surface area contributed by atoms with E-state index < -0.39 is 6.03 Å². The number of fused-ring (bicyclic) bond motifs is 1. The summed E-state index contributed by atoms with van der Waals surface area (Å²) in [5, 5.41) is 4.47. The fourth-order valence-electron chi connectivity index (χ4n) is 4.28. The van der Waals surface area contributed by atoms with Gasteiger partial charge in [-0.2, -0.15) is 0 Å². The van der Waals surface area contributed by atoms with Gasteiger partial charge in [-0.05, 0) is 54.3 Å². The Bertz CT molecular complexity index is 1390. The van der Waals surface area contributed by atoms with Crippen molar-refractivity contribution in [1.29, 1.82) is 0 Å². The molecule has 9 heteroatoms. The van der Waals surface area contributed by atoms with Crippen molar-refractivity contribution in [3.05, 3.63) is 99.9 Å². The number of carbonyl (C=O) groups excluding carboxylic acids is 2. The summed E-state index contributed by atoms with van der Waals surface area (Å²) in [4.78, 5) is 33.1. The highest BCUT2D eigenvalue weighted by atomic mass is 35.5. The first-order chi connectivity index (χ1) is 18.4. The number of aromatic nitrogens is 1. The van der Waals surface area contributed by atoms with Crippen LogP contribution in [0, 0.1) is 5.82 Å². The van der Waals surface area contributed by atoms with E-state index >= 15 is 0 Å². The zero-order valence-corrected chi connectivity index (χ0v) is 22.5. The van der Waals surface area contributed by atoms with Crippen molar-refractivity contribution in [1.82, 2.24) is 14.8 Å². The van der Waals surface area contributed by atoms with Crippen LogP contribution >= 0.6 is 23.2 Å². The van der Waals surface area contributed by atoms with Gasteiger partial charge in [-0.3, -0.25) is 4.79 Å². The number of carbonyl (C=O) groups is 2. The molecular weight excluding hydrogens is 526 g/mol. The number of rotatable bonds is 10. The highest BCUT2D eigenvalue weighted by Gasteiger charge is 2.23. The zero-order valence-electron chi connectivity index (χ0n) is 21.0. The number of nitrogens with zero attached hydrogens (tertiary/aromatic N) is 2. The molecule has 0 fully saturated rings. The van der Waals surface area contributed by atoms with Crippen molar-refractivity contribution >= 4 is 51.7 Å². The molecular formula is C29H29Cl2FN4O2. The van der Waals surface area contributed by atoms with Crippen LogP contribution in [-0.4, -0.2) is 46.4 Å². The Balaban J connectivity index is 1.51. The maximum atomic E-state index is 13.6. The average molecular weight is 555 g/mol. The van der Waals surface area contributed by atoms with Crippen LogP contribution < -0.4 is 5.32 Å². The summed E-state index contributed by atoms with van der Waals surface area (Å²) in [5.41, 5.74) is 3.22. The first kappa shape index (κ1) is 27.5. The van der Waals surface area contributed by atoms with E-state index in [1.165, 1.54) is 17.0 Å². The quantitative estimate of drug-likeness (QED) is 0.219. The molecule has 0 spiro atoms. The number of anilines is 1. The van der Waals surface area contributed by atoms with Crippen molar-refractivity contribution in [2.24, 2.45) is 0 Å². The number of benzene rings is 3. The largest absolute Gasteiger partial charge is 0.361 e. The lowest BCUT2D eigenvalue weighted by Crippen LogP contribution is -2.45. The van der Waals surface area contributed by atoms with Crippen molar-refractivity contribution in [2.75, 3.05) is 25.0 Å². The predicted molar refractivity (Wildman–Crippen MR) is 151 cm³/mol. The van der Waals surface area contributed by atoms with E-state index in [2.05, 4.69) is 10.3 Å². The van der Waals surface area contributed by atoms with Crippen LogP contribution in [0.1, 0.15) is 24.5 Å². The van der Waals surface area contributed by atoms with Gasteiger partial charge in [0, 0.05) is 36.7 Å². The second kappa shape index (κ2) is 12.8. The Hall–Kier alpha value is -3.55. The first-order valence-corrected chi connectivity index (χ1v) is 13.2. The van der Waals surface area contributed by atoms with Crippen molar-refractivity contribution in [3.8, 4) is 0 Å². The summed E-state index contributed by atoms with van der Waals surface area (Å²) in [6, 6.07) is 18.6. The molecule has 0 saturated heterocycles. The number of urea groups is 1. The third kappa shape index (κ3) is 6.85. The molecule has 2 N–H and O–H groups in total. The molecule has 0 saturated carbocycles. The molecule has 0 bridgehead atoms. The second-order valence-corrected chi connectivity index (χ2v) is 9.81. The molecule has 4 aromatic rings. The number of amides is 3. The first-order valence-electron chi connectivity index (χ1n) is 12.4. The molecule has 0 unspecified atom stereocenters. The summed E-state index contributed by atoms with van der Waals surface area (Å²) in [7, 11) is 0. The molecule has 0 aliphatic rings. The van der Waals surface area contributed by atoms with Gasteiger partial charge in [0.05, 0.1) is 15.7 Å². The Labute approximate surface area is 231 Å². The lowest BCUT2D eigenvalue weighted by Gasteiger charge is -2.28. The van der Waals surface area contributed by atoms with E-state index in [0.29, 0.717) is 48.2 Å². The summed E-state index contributed by atoms with van der Waals surface area (Å²) in [5.74, 6) is -0.558. The fraction of sp³-hybridized carbons (Fsp3) is 0.241. The maximum Gasteiger partial charge on any atom is 0.322 e. The Morgan fingerprint density at radius 1 is 0.921 bits per heavy atom. The molecule has 1 heterocycles. The van der Waals surface area contributed by atoms with Crippen LogP contribution in [0.25, 0.3) is 10.9 Å². The number of hydrogen-bond donors (Lipinski definition) is 2. The SMILES string of the molecule is CCCN(CC(=O)N(CCc1c[nH]c2ccccc12)Cc1ccc(F)cc1)C(=O)Nc1c(Cl)cccc1Cl. The molecule has 1 aromatic heterocycles. The van der Waals surface area contributed by atoms with Gasteiger partial charge in [0.15, 0.2) is 0 Å². The minimum atomic E-state index is -0.464. The smallest absolute Gasteiger partial charge is 0.322 e. The fourth-order valence-corrected chi connectivity index (χ4v) is 4.78. The van der Waals surface area contributed by atoms with Crippen molar-refractivity contribution < 1.29 is 14.0 Å². The van der Waals surface area contributed by atoms with Crippen LogP contribution in [0.5, 0.6) is 0 Å². The number of nitrogens with one attached hydrogen (secondary N) is 2.